The molecule has 0 aromatic heterocycles. The lowest BCUT2D eigenvalue weighted by atomic mass is 10.2. The number of thioether (sulfide) groups is 1. The lowest BCUT2D eigenvalue weighted by Crippen LogP contribution is -2.30. The highest BCUT2D eigenvalue weighted by Gasteiger charge is 2.18. The van der Waals surface area contributed by atoms with E-state index in [-0.39, 0.29) is 12.3 Å². The highest BCUT2D eigenvalue weighted by molar-refractivity contribution is 8.00. The Labute approximate surface area is 166 Å². The van der Waals surface area contributed by atoms with Gasteiger partial charge in [-0.1, -0.05) is 12.1 Å². The number of hydrogen-bond donors (Lipinski definition) is 1. The molecule has 8 nitrogen and oxygen atoms in total. The molecule has 1 atom stereocenters. The van der Waals surface area contributed by atoms with Gasteiger partial charge in [0.1, 0.15) is 11.0 Å². The Bertz CT molecular complexity index is 823. The van der Waals surface area contributed by atoms with Crippen LogP contribution >= 0.6 is 11.8 Å². The van der Waals surface area contributed by atoms with Crippen molar-refractivity contribution in [3.05, 3.63) is 64.2 Å². The van der Waals surface area contributed by atoms with E-state index in [1.54, 1.807) is 38.3 Å². The van der Waals surface area contributed by atoms with Crippen molar-refractivity contribution >= 4 is 29.3 Å². The number of carbonyl (C=O) groups excluding carboxylic acids is 2. The fraction of sp³-hybridized carbons (Fsp3) is 0.263. The number of amides is 1. The van der Waals surface area contributed by atoms with Gasteiger partial charge in [-0.15, -0.1) is 11.8 Å². The predicted molar refractivity (Wildman–Crippen MR) is 104 cm³/mol. The lowest BCUT2D eigenvalue weighted by Gasteiger charge is -2.11. The first-order valence-electron chi connectivity index (χ1n) is 8.36. The van der Waals surface area contributed by atoms with Gasteiger partial charge in [0.2, 0.25) is 0 Å². The number of nitro benzene ring substituents is 1. The molecule has 0 fully saturated rings. The highest BCUT2D eigenvalue weighted by Crippen LogP contribution is 2.25. The van der Waals surface area contributed by atoms with Crippen LogP contribution in [0.15, 0.2) is 53.4 Å². The first-order chi connectivity index (χ1) is 13.4. The molecule has 9 heteroatoms. The zero-order chi connectivity index (χ0) is 20.5. The number of non-ortho nitro benzene ring substituents is 1. The van der Waals surface area contributed by atoms with Crippen LogP contribution in [0.25, 0.3) is 0 Å². The maximum absolute atomic E-state index is 12.0. The van der Waals surface area contributed by atoms with Gasteiger partial charge < -0.3 is 14.8 Å². The molecule has 2 rings (SSSR count). The van der Waals surface area contributed by atoms with E-state index in [0.29, 0.717) is 11.4 Å². The summed E-state index contributed by atoms with van der Waals surface area (Å²) in [5.41, 5.74) is 0.871. The van der Waals surface area contributed by atoms with Crippen LogP contribution in [0.1, 0.15) is 12.5 Å². The fourth-order valence-corrected chi connectivity index (χ4v) is 3.01. The average molecular weight is 404 g/mol. The van der Waals surface area contributed by atoms with E-state index < -0.39 is 22.0 Å². The van der Waals surface area contributed by atoms with Crippen molar-refractivity contribution in [2.75, 3.05) is 13.7 Å². The van der Waals surface area contributed by atoms with Crippen LogP contribution in [-0.2, 0) is 20.9 Å². The molecule has 2 aromatic carbocycles. The van der Waals surface area contributed by atoms with E-state index in [1.165, 1.54) is 23.9 Å². The van der Waals surface area contributed by atoms with Crippen molar-refractivity contribution in [1.82, 2.24) is 5.32 Å². The molecule has 0 spiro atoms. The van der Waals surface area contributed by atoms with Gasteiger partial charge >= 0.3 is 5.97 Å². The largest absolute Gasteiger partial charge is 0.497 e. The molecular weight excluding hydrogens is 384 g/mol. The molecule has 1 N–H and O–H groups in total. The molecule has 0 unspecified atom stereocenters. The summed E-state index contributed by atoms with van der Waals surface area (Å²) in [6.07, 6.45) is 0. The van der Waals surface area contributed by atoms with Gasteiger partial charge in [0.25, 0.3) is 11.6 Å². The van der Waals surface area contributed by atoms with Crippen molar-refractivity contribution in [3.8, 4) is 5.75 Å². The zero-order valence-corrected chi connectivity index (χ0v) is 16.2. The highest BCUT2D eigenvalue weighted by atomic mass is 32.2. The minimum atomic E-state index is -0.559. The van der Waals surface area contributed by atoms with Gasteiger partial charge in [-0.05, 0) is 36.8 Å². The van der Waals surface area contributed by atoms with Gasteiger partial charge in [-0.25, -0.2) is 0 Å². The Balaban J connectivity index is 1.73. The Morgan fingerprint density at radius 2 is 1.79 bits per heavy atom. The van der Waals surface area contributed by atoms with Crippen LogP contribution in [0.3, 0.4) is 0 Å². The molecule has 0 saturated carbocycles. The van der Waals surface area contributed by atoms with Crippen LogP contribution in [0.5, 0.6) is 5.75 Å². The number of methoxy groups -OCH3 is 1. The van der Waals surface area contributed by atoms with E-state index in [9.17, 15) is 19.7 Å². The van der Waals surface area contributed by atoms with E-state index in [4.69, 9.17) is 9.47 Å². The van der Waals surface area contributed by atoms with Gasteiger partial charge in [-0.2, -0.15) is 0 Å². The van der Waals surface area contributed by atoms with Crippen molar-refractivity contribution < 1.29 is 24.0 Å². The molecule has 28 heavy (non-hydrogen) atoms. The average Bonchev–Trinajstić information content (AvgIpc) is 2.71. The minimum Gasteiger partial charge on any atom is -0.497 e. The molecule has 148 valence electrons. The molecule has 0 aliphatic carbocycles. The first kappa shape index (κ1) is 21.2. The third kappa shape index (κ3) is 6.58. The number of hydrogen-bond acceptors (Lipinski definition) is 7. The maximum Gasteiger partial charge on any atom is 0.319 e. The first-order valence-corrected chi connectivity index (χ1v) is 9.24. The van der Waals surface area contributed by atoms with Crippen LogP contribution in [0, 0.1) is 10.1 Å². The summed E-state index contributed by atoms with van der Waals surface area (Å²) in [5, 5.41) is 12.8. The fourth-order valence-electron chi connectivity index (χ4n) is 2.15. The third-order valence-electron chi connectivity index (χ3n) is 3.69. The Morgan fingerprint density at radius 1 is 1.14 bits per heavy atom. The summed E-state index contributed by atoms with van der Waals surface area (Å²) < 4.78 is 10.1. The SMILES string of the molecule is COc1ccc(CNC(=O)COC(=O)[C@H](C)Sc2ccc([N+](=O)[O-])cc2)cc1. The summed E-state index contributed by atoms with van der Waals surface area (Å²) >= 11 is 1.20. The van der Waals surface area contributed by atoms with Crippen molar-refractivity contribution in [1.29, 1.82) is 0 Å². The predicted octanol–water partition coefficient (Wildman–Crippen LogP) is 2.94. The normalized spacial score (nSPS) is 11.4. The van der Waals surface area contributed by atoms with Crippen LogP contribution in [-0.4, -0.2) is 35.8 Å². The Morgan fingerprint density at radius 3 is 2.36 bits per heavy atom. The topological polar surface area (TPSA) is 108 Å². The summed E-state index contributed by atoms with van der Waals surface area (Å²) in [5.74, 6) is -0.219. The van der Waals surface area contributed by atoms with Crippen molar-refractivity contribution in [3.63, 3.8) is 0 Å². The van der Waals surface area contributed by atoms with E-state index in [2.05, 4.69) is 5.32 Å². The van der Waals surface area contributed by atoms with Gasteiger partial charge in [0.15, 0.2) is 6.61 Å². The molecule has 0 bridgehead atoms. The monoisotopic (exact) mass is 404 g/mol. The second kappa shape index (κ2) is 10.3. The molecule has 0 heterocycles. The summed E-state index contributed by atoms with van der Waals surface area (Å²) in [7, 11) is 1.58. The van der Waals surface area contributed by atoms with Gasteiger partial charge in [0, 0.05) is 23.6 Å². The quantitative estimate of drug-likeness (QED) is 0.296. The smallest absolute Gasteiger partial charge is 0.319 e. The molecule has 1 amide bonds. The van der Waals surface area contributed by atoms with Crippen LogP contribution < -0.4 is 10.1 Å². The third-order valence-corrected chi connectivity index (χ3v) is 4.78. The summed E-state index contributed by atoms with van der Waals surface area (Å²) in [4.78, 5) is 34.7. The number of rotatable bonds is 9. The second-order valence-corrected chi connectivity index (χ2v) is 7.16. The zero-order valence-electron chi connectivity index (χ0n) is 15.4. The van der Waals surface area contributed by atoms with E-state index in [0.717, 1.165) is 11.3 Å². The second-order valence-electron chi connectivity index (χ2n) is 5.74. The molecule has 0 aliphatic heterocycles. The molecule has 0 aliphatic rings. The van der Waals surface area contributed by atoms with Crippen molar-refractivity contribution in [2.45, 2.75) is 23.6 Å². The summed E-state index contributed by atoms with van der Waals surface area (Å²) in [6.45, 7) is 1.58. The number of nitrogens with one attached hydrogen (secondary N) is 1. The number of benzene rings is 2. The number of esters is 1. The maximum atomic E-state index is 12.0. The minimum absolute atomic E-state index is 0.0203. The van der Waals surface area contributed by atoms with Crippen LogP contribution in [0.4, 0.5) is 5.69 Å². The molecule has 0 saturated heterocycles. The molecular formula is C19H20N2O6S. The van der Waals surface area contributed by atoms with Gasteiger partial charge in [0.05, 0.1) is 12.0 Å². The Hall–Kier alpha value is -3.07. The van der Waals surface area contributed by atoms with Crippen LogP contribution in [0.2, 0.25) is 0 Å². The molecule has 2 aromatic rings. The Kier molecular flexibility index (Phi) is 7.82. The van der Waals surface area contributed by atoms with E-state index in [1.807, 2.05) is 12.1 Å². The van der Waals surface area contributed by atoms with E-state index >= 15 is 0 Å². The summed E-state index contributed by atoms with van der Waals surface area (Å²) in [6, 6.07) is 13.1. The van der Waals surface area contributed by atoms with Gasteiger partial charge in [-0.3, -0.25) is 19.7 Å². The van der Waals surface area contributed by atoms with Crippen molar-refractivity contribution in [2.24, 2.45) is 0 Å². The lowest BCUT2D eigenvalue weighted by molar-refractivity contribution is -0.384. The standard InChI is InChI=1S/C19H20N2O6S/c1-13(28-17-9-5-15(6-10-17)21(24)25)19(23)27-12-18(22)20-11-14-3-7-16(26-2)8-4-14/h3-10,13H,11-12H2,1-2H3,(H,20,22)/t13-/m0/s1. The number of carbonyl (C=O) groups is 2. The number of nitrogens with zero attached hydrogens (tertiary/aromatic N) is 1. The number of ether oxygens (including phenoxy) is 2. The number of nitro groups is 1. The molecule has 0 radical (unpaired) electrons.